The highest BCUT2D eigenvalue weighted by Crippen LogP contribution is 2.62. The van der Waals surface area contributed by atoms with Crippen molar-refractivity contribution in [2.45, 2.75) is 58.3 Å². The van der Waals surface area contributed by atoms with Gasteiger partial charge in [0.05, 0.1) is 5.92 Å². The molecule has 0 aromatic heterocycles. The number of hydrogen-bond donors (Lipinski definition) is 1. The van der Waals surface area contributed by atoms with Crippen LogP contribution in [0.4, 0.5) is 0 Å². The predicted molar refractivity (Wildman–Crippen MR) is 71.2 cm³/mol. The zero-order chi connectivity index (χ0) is 12.7. The highest BCUT2D eigenvalue weighted by atomic mass is 16.4. The van der Waals surface area contributed by atoms with Crippen molar-refractivity contribution in [2.24, 2.45) is 35.5 Å². The Morgan fingerprint density at radius 2 is 2.00 bits per heavy atom. The van der Waals surface area contributed by atoms with Gasteiger partial charge in [0.15, 0.2) is 0 Å². The molecule has 3 fully saturated rings. The fourth-order valence-corrected chi connectivity index (χ4v) is 5.54. The van der Waals surface area contributed by atoms with E-state index in [0.717, 1.165) is 48.9 Å². The van der Waals surface area contributed by atoms with Crippen LogP contribution in [0.15, 0.2) is 0 Å². The molecule has 102 valence electrons. The topological polar surface area (TPSA) is 37.3 Å². The standard InChI is InChI=1S/C16H26O2/c1-2-4-10(16(17)18)7-11-8-12-9-15(11)14-6-3-5-13(12)14/h10-15H,2-9H2,1H3,(H,17,18). The molecule has 2 nitrogen and oxygen atoms in total. The van der Waals surface area contributed by atoms with E-state index in [-0.39, 0.29) is 5.92 Å². The van der Waals surface area contributed by atoms with Crippen LogP contribution in [-0.4, -0.2) is 11.1 Å². The highest BCUT2D eigenvalue weighted by Gasteiger charge is 2.53. The van der Waals surface area contributed by atoms with E-state index in [1.165, 1.54) is 32.1 Å². The summed E-state index contributed by atoms with van der Waals surface area (Å²) < 4.78 is 0. The molecular formula is C16H26O2. The van der Waals surface area contributed by atoms with Crippen molar-refractivity contribution >= 4 is 5.97 Å². The molecule has 0 spiro atoms. The second-order valence-corrected chi connectivity index (χ2v) is 6.97. The van der Waals surface area contributed by atoms with Gasteiger partial charge in [0.1, 0.15) is 0 Å². The molecule has 6 unspecified atom stereocenters. The first-order chi connectivity index (χ1) is 8.70. The van der Waals surface area contributed by atoms with Crippen molar-refractivity contribution in [3.05, 3.63) is 0 Å². The molecule has 3 rings (SSSR count). The number of fused-ring (bicyclic) bond motifs is 5. The average Bonchev–Trinajstić information content (AvgIpc) is 2.99. The van der Waals surface area contributed by atoms with Crippen LogP contribution in [0, 0.1) is 35.5 Å². The van der Waals surface area contributed by atoms with E-state index in [4.69, 9.17) is 0 Å². The summed E-state index contributed by atoms with van der Waals surface area (Å²) in [4.78, 5) is 11.3. The Hall–Kier alpha value is -0.530. The molecule has 3 aliphatic carbocycles. The van der Waals surface area contributed by atoms with E-state index in [9.17, 15) is 9.90 Å². The third kappa shape index (κ3) is 1.98. The van der Waals surface area contributed by atoms with Gasteiger partial charge in [0.25, 0.3) is 0 Å². The number of carboxylic acids is 1. The van der Waals surface area contributed by atoms with Gasteiger partial charge in [-0.05, 0) is 68.1 Å². The second kappa shape index (κ2) is 4.86. The monoisotopic (exact) mass is 250 g/mol. The third-order valence-electron chi connectivity index (χ3n) is 6.14. The van der Waals surface area contributed by atoms with E-state index in [1.54, 1.807) is 0 Å². The lowest BCUT2D eigenvalue weighted by molar-refractivity contribution is -0.142. The largest absolute Gasteiger partial charge is 0.481 e. The lowest BCUT2D eigenvalue weighted by Crippen LogP contribution is -2.28. The zero-order valence-electron chi connectivity index (χ0n) is 11.5. The summed E-state index contributed by atoms with van der Waals surface area (Å²) in [5.41, 5.74) is 0. The van der Waals surface area contributed by atoms with Crippen LogP contribution in [0.2, 0.25) is 0 Å². The molecule has 2 bridgehead atoms. The molecule has 18 heavy (non-hydrogen) atoms. The Balaban J connectivity index is 1.63. The van der Waals surface area contributed by atoms with Crippen LogP contribution >= 0.6 is 0 Å². The fourth-order valence-electron chi connectivity index (χ4n) is 5.54. The van der Waals surface area contributed by atoms with Crippen LogP contribution in [-0.2, 0) is 4.79 Å². The van der Waals surface area contributed by atoms with Crippen LogP contribution in [0.1, 0.15) is 58.3 Å². The molecule has 2 heteroatoms. The summed E-state index contributed by atoms with van der Waals surface area (Å²) in [7, 11) is 0. The molecular weight excluding hydrogens is 224 g/mol. The number of aliphatic carboxylic acids is 1. The van der Waals surface area contributed by atoms with Crippen LogP contribution in [0.5, 0.6) is 0 Å². The Kier molecular flexibility index (Phi) is 3.38. The maximum Gasteiger partial charge on any atom is 0.306 e. The van der Waals surface area contributed by atoms with Crippen molar-refractivity contribution in [2.75, 3.05) is 0 Å². The van der Waals surface area contributed by atoms with E-state index >= 15 is 0 Å². The first-order valence-electron chi connectivity index (χ1n) is 7.93. The molecule has 0 amide bonds. The molecule has 0 saturated heterocycles. The van der Waals surface area contributed by atoms with Crippen molar-refractivity contribution in [1.82, 2.24) is 0 Å². The summed E-state index contributed by atoms with van der Waals surface area (Å²) >= 11 is 0. The van der Waals surface area contributed by atoms with Crippen LogP contribution in [0.3, 0.4) is 0 Å². The van der Waals surface area contributed by atoms with Gasteiger partial charge >= 0.3 is 5.97 Å². The first kappa shape index (κ1) is 12.5. The summed E-state index contributed by atoms with van der Waals surface area (Å²) in [6.45, 7) is 2.10. The normalized spacial score (nSPS) is 43.1. The van der Waals surface area contributed by atoms with Crippen molar-refractivity contribution in [3.63, 3.8) is 0 Å². The number of carboxylic acid groups (broad SMARTS) is 1. The Morgan fingerprint density at radius 3 is 2.72 bits per heavy atom. The Bertz CT molecular complexity index is 325. The van der Waals surface area contributed by atoms with Crippen molar-refractivity contribution in [1.29, 1.82) is 0 Å². The summed E-state index contributed by atoms with van der Waals surface area (Å²) in [5, 5.41) is 9.32. The molecule has 3 saturated carbocycles. The van der Waals surface area contributed by atoms with Gasteiger partial charge < -0.3 is 5.11 Å². The lowest BCUT2D eigenvalue weighted by atomic mass is 9.72. The van der Waals surface area contributed by atoms with Gasteiger partial charge in [-0.15, -0.1) is 0 Å². The van der Waals surface area contributed by atoms with E-state index < -0.39 is 5.97 Å². The van der Waals surface area contributed by atoms with Gasteiger partial charge in [0, 0.05) is 0 Å². The van der Waals surface area contributed by atoms with Gasteiger partial charge in [-0.3, -0.25) is 4.79 Å². The zero-order valence-corrected chi connectivity index (χ0v) is 11.5. The molecule has 0 heterocycles. The van der Waals surface area contributed by atoms with E-state index in [0.29, 0.717) is 0 Å². The van der Waals surface area contributed by atoms with E-state index in [2.05, 4.69) is 6.92 Å². The van der Waals surface area contributed by atoms with Crippen molar-refractivity contribution < 1.29 is 9.90 Å². The molecule has 0 aliphatic heterocycles. The maximum absolute atomic E-state index is 11.3. The number of hydrogen-bond acceptors (Lipinski definition) is 1. The first-order valence-corrected chi connectivity index (χ1v) is 7.93. The molecule has 6 atom stereocenters. The quantitative estimate of drug-likeness (QED) is 0.802. The Labute approximate surface area is 110 Å². The van der Waals surface area contributed by atoms with E-state index in [1.807, 2.05) is 0 Å². The summed E-state index contributed by atoms with van der Waals surface area (Å²) in [6, 6.07) is 0. The molecule has 3 aliphatic rings. The smallest absolute Gasteiger partial charge is 0.306 e. The van der Waals surface area contributed by atoms with Gasteiger partial charge in [-0.1, -0.05) is 19.8 Å². The maximum atomic E-state index is 11.3. The predicted octanol–water partition coefficient (Wildman–Crippen LogP) is 3.95. The molecule has 0 aromatic carbocycles. The highest BCUT2D eigenvalue weighted by molar-refractivity contribution is 5.69. The van der Waals surface area contributed by atoms with Crippen LogP contribution in [0.25, 0.3) is 0 Å². The molecule has 1 N–H and O–H groups in total. The molecule has 0 aromatic rings. The molecule has 0 radical (unpaired) electrons. The van der Waals surface area contributed by atoms with Gasteiger partial charge in [0.2, 0.25) is 0 Å². The number of carbonyl (C=O) groups is 1. The minimum absolute atomic E-state index is 0.0702. The Morgan fingerprint density at radius 1 is 1.22 bits per heavy atom. The lowest BCUT2D eigenvalue weighted by Gasteiger charge is -2.32. The minimum Gasteiger partial charge on any atom is -0.481 e. The van der Waals surface area contributed by atoms with Crippen molar-refractivity contribution in [3.8, 4) is 0 Å². The van der Waals surface area contributed by atoms with Gasteiger partial charge in [-0.25, -0.2) is 0 Å². The summed E-state index contributed by atoms with van der Waals surface area (Å²) in [5.74, 6) is 3.97. The number of rotatable bonds is 5. The summed E-state index contributed by atoms with van der Waals surface area (Å²) in [6.07, 6.45) is 9.96. The minimum atomic E-state index is -0.553. The fraction of sp³-hybridized carbons (Fsp3) is 0.938. The van der Waals surface area contributed by atoms with Crippen LogP contribution < -0.4 is 0 Å². The SMILES string of the molecule is CCCC(CC1CC2CC1C1CCCC21)C(=O)O. The average molecular weight is 250 g/mol. The third-order valence-corrected chi connectivity index (χ3v) is 6.14. The van der Waals surface area contributed by atoms with Gasteiger partial charge in [-0.2, -0.15) is 0 Å². The second-order valence-electron chi connectivity index (χ2n) is 6.97.